The quantitative estimate of drug-likeness (QED) is 0.815. The lowest BCUT2D eigenvalue weighted by Crippen LogP contribution is -2.32. The van der Waals surface area contributed by atoms with Gasteiger partial charge < -0.3 is 15.7 Å². The van der Waals surface area contributed by atoms with Gasteiger partial charge in [0.05, 0.1) is 6.42 Å². The van der Waals surface area contributed by atoms with Gasteiger partial charge in [-0.25, -0.2) is 4.98 Å². The Morgan fingerprint density at radius 2 is 2.28 bits per heavy atom. The molecule has 0 spiro atoms. The number of amides is 1. The van der Waals surface area contributed by atoms with Crippen LogP contribution in [0.1, 0.15) is 29.8 Å². The van der Waals surface area contributed by atoms with Crippen LogP contribution in [-0.4, -0.2) is 34.6 Å². The fourth-order valence-corrected chi connectivity index (χ4v) is 2.27. The van der Waals surface area contributed by atoms with Crippen LogP contribution in [0.15, 0.2) is 18.2 Å². The zero-order chi connectivity index (χ0) is 13.1. The maximum atomic E-state index is 11.1. The monoisotopic (exact) mass is 249 g/mol. The Balaban J connectivity index is 2.21. The maximum Gasteiger partial charge on any atom is 0.305 e. The highest BCUT2D eigenvalue weighted by Gasteiger charge is 2.27. The van der Waals surface area contributed by atoms with Crippen LogP contribution in [0.2, 0.25) is 0 Å². The van der Waals surface area contributed by atoms with Gasteiger partial charge in [-0.15, -0.1) is 0 Å². The SMILES string of the molecule is NC(=O)c1cccc(N2CCCC2CC(=O)O)n1. The number of pyridine rings is 1. The minimum absolute atomic E-state index is 0.0573. The molecule has 2 heterocycles. The van der Waals surface area contributed by atoms with E-state index in [-0.39, 0.29) is 18.2 Å². The fourth-order valence-electron chi connectivity index (χ4n) is 2.27. The van der Waals surface area contributed by atoms with Crippen LogP contribution < -0.4 is 10.6 Å². The maximum absolute atomic E-state index is 11.1. The zero-order valence-corrected chi connectivity index (χ0v) is 9.87. The second-order valence-corrected chi connectivity index (χ2v) is 4.33. The van der Waals surface area contributed by atoms with E-state index in [9.17, 15) is 9.59 Å². The molecule has 1 aliphatic heterocycles. The number of primary amides is 1. The van der Waals surface area contributed by atoms with E-state index < -0.39 is 11.9 Å². The van der Waals surface area contributed by atoms with Gasteiger partial charge in [-0.2, -0.15) is 0 Å². The van der Waals surface area contributed by atoms with Crippen molar-refractivity contribution in [2.45, 2.75) is 25.3 Å². The van der Waals surface area contributed by atoms with Gasteiger partial charge in [0, 0.05) is 12.6 Å². The van der Waals surface area contributed by atoms with Gasteiger partial charge in [0.1, 0.15) is 11.5 Å². The lowest BCUT2D eigenvalue weighted by Gasteiger charge is -2.24. The minimum atomic E-state index is -0.821. The van der Waals surface area contributed by atoms with E-state index in [0.29, 0.717) is 5.82 Å². The van der Waals surface area contributed by atoms with Crippen LogP contribution in [0.5, 0.6) is 0 Å². The second-order valence-electron chi connectivity index (χ2n) is 4.33. The number of hydrogen-bond acceptors (Lipinski definition) is 4. The molecule has 1 aromatic rings. The van der Waals surface area contributed by atoms with Crippen molar-refractivity contribution in [3.63, 3.8) is 0 Å². The van der Waals surface area contributed by atoms with Crippen molar-refractivity contribution in [1.82, 2.24) is 4.98 Å². The highest BCUT2D eigenvalue weighted by Crippen LogP contribution is 2.25. The third-order valence-corrected chi connectivity index (χ3v) is 3.07. The van der Waals surface area contributed by atoms with Crippen molar-refractivity contribution in [2.24, 2.45) is 5.73 Å². The third kappa shape index (κ3) is 2.58. The average Bonchev–Trinajstić information content (AvgIpc) is 2.76. The van der Waals surface area contributed by atoms with E-state index in [1.54, 1.807) is 18.2 Å². The fraction of sp³-hybridized carbons (Fsp3) is 0.417. The van der Waals surface area contributed by atoms with Crippen molar-refractivity contribution >= 4 is 17.7 Å². The summed E-state index contributed by atoms with van der Waals surface area (Å²) in [6.45, 7) is 0.757. The number of nitrogens with zero attached hydrogens (tertiary/aromatic N) is 2. The van der Waals surface area contributed by atoms with Crippen LogP contribution >= 0.6 is 0 Å². The van der Waals surface area contributed by atoms with E-state index in [0.717, 1.165) is 19.4 Å². The Hall–Kier alpha value is -2.11. The number of carboxylic acids is 1. The van der Waals surface area contributed by atoms with Crippen LogP contribution in [0, 0.1) is 0 Å². The van der Waals surface area contributed by atoms with Gasteiger partial charge in [0.2, 0.25) is 0 Å². The van der Waals surface area contributed by atoms with Crippen molar-refractivity contribution in [2.75, 3.05) is 11.4 Å². The smallest absolute Gasteiger partial charge is 0.305 e. The number of anilines is 1. The van der Waals surface area contributed by atoms with Gasteiger partial charge in [0.15, 0.2) is 0 Å². The van der Waals surface area contributed by atoms with Crippen LogP contribution in [0.3, 0.4) is 0 Å². The molecule has 18 heavy (non-hydrogen) atoms. The molecule has 6 nitrogen and oxygen atoms in total. The second kappa shape index (κ2) is 5.03. The normalized spacial score (nSPS) is 18.9. The Morgan fingerprint density at radius 1 is 1.50 bits per heavy atom. The number of aliphatic carboxylic acids is 1. The summed E-state index contributed by atoms with van der Waals surface area (Å²) in [6.07, 6.45) is 1.84. The van der Waals surface area contributed by atoms with E-state index in [2.05, 4.69) is 4.98 Å². The molecule has 6 heteroatoms. The molecule has 0 saturated carbocycles. The molecule has 1 fully saturated rings. The molecule has 0 aliphatic carbocycles. The van der Waals surface area contributed by atoms with Crippen molar-refractivity contribution in [3.05, 3.63) is 23.9 Å². The Morgan fingerprint density at radius 3 is 2.94 bits per heavy atom. The Kier molecular flexibility index (Phi) is 3.45. The summed E-state index contributed by atoms with van der Waals surface area (Å²) in [7, 11) is 0. The van der Waals surface area contributed by atoms with E-state index in [1.165, 1.54) is 0 Å². The predicted molar refractivity (Wildman–Crippen MR) is 65.4 cm³/mol. The number of hydrogen-bond donors (Lipinski definition) is 2. The first-order valence-corrected chi connectivity index (χ1v) is 5.83. The topological polar surface area (TPSA) is 96.5 Å². The van der Waals surface area contributed by atoms with E-state index in [1.807, 2.05) is 4.90 Å². The molecule has 0 bridgehead atoms. The highest BCUT2D eigenvalue weighted by atomic mass is 16.4. The molecule has 3 N–H and O–H groups in total. The van der Waals surface area contributed by atoms with Crippen LogP contribution in [0.4, 0.5) is 5.82 Å². The third-order valence-electron chi connectivity index (χ3n) is 3.07. The van der Waals surface area contributed by atoms with Crippen molar-refractivity contribution in [1.29, 1.82) is 0 Å². The van der Waals surface area contributed by atoms with Crippen molar-refractivity contribution < 1.29 is 14.7 Å². The first-order valence-electron chi connectivity index (χ1n) is 5.83. The molecule has 0 aromatic carbocycles. The summed E-state index contributed by atoms with van der Waals surface area (Å²) in [6, 6.07) is 4.97. The molecule has 1 atom stereocenters. The average molecular weight is 249 g/mol. The first-order chi connectivity index (χ1) is 8.58. The van der Waals surface area contributed by atoms with Gasteiger partial charge in [0.25, 0.3) is 5.91 Å². The number of carbonyl (C=O) groups is 2. The summed E-state index contributed by atoms with van der Waals surface area (Å²) in [5.74, 6) is -0.779. The van der Waals surface area contributed by atoms with Gasteiger partial charge >= 0.3 is 5.97 Å². The number of carboxylic acid groups (broad SMARTS) is 1. The number of carbonyl (C=O) groups excluding carboxylic acids is 1. The molecule has 96 valence electrons. The molecule has 2 rings (SSSR count). The van der Waals surface area contributed by atoms with Crippen LogP contribution in [0.25, 0.3) is 0 Å². The van der Waals surface area contributed by atoms with E-state index >= 15 is 0 Å². The summed E-state index contributed by atoms with van der Waals surface area (Å²) in [5, 5.41) is 8.86. The van der Waals surface area contributed by atoms with Gasteiger partial charge in [-0.05, 0) is 25.0 Å². The lowest BCUT2D eigenvalue weighted by molar-refractivity contribution is -0.137. The molecule has 1 aliphatic rings. The molecule has 1 saturated heterocycles. The summed E-state index contributed by atoms with van der Waals surface area (Å²) < 4.78 is 0. The van der Waals surface area contributed by atoms with Gasteiger partial charge in [-0.1, -0.05) is 6.07 Å². The standard InChI is InChI=1S/C12H15N3O3/c13-12(18)9-4-1-5-10(14-9)15-6-2-3-8(15)7-11(16)17/h1,4-5,8H,2-3,6-7H2,(H2,13,18)(H,16,17). The first kappa shape index (κ1) is 12.3. The molecular formula is C12H15N3O3. The van der Waals surface area contributed by atoms with Crippen molar-refractivity contribution in [3.8, 4) is 0 Å². The summed E-state index contributed by atoms with van der Waals surface area (Å²) in [5.41, 5.74) is 5.38. The molecular weight excluding hydrogens is 234 g/mol. The van der Waals surface area contributed by atoms with Crippen LogP contribution in [-0.2, 0) is 4.79 Å². The Bertz CT molecular complexity index is 475. The number of rotatable bonds is 4. The molecule has 1 aromatic heterocycles. The lowest BCUT2D eigenvalue weighted by atomic mass is 10.1. The number of aromatic nitrogens is 1. The van der Waals surface area contributed by atoms with Gasteiger partial charge in [-0.3, -0.25) is 9.59 Å². The predicted octanol–water partition coefficient (Wildman–Crippen LogP) is 0.624. The molecule has 0 radical (unpaired) electrons. The molecule has 1 unspecified atom stereocenters. The Labute approximate surface area is 104 Å². The zero-order valence-electron chi connectivity index (χ0n) is 9.87. The minimum Gasteiger partial charge on any atom is -0.481 e. The largest absolute Gasteiger partial charge is 0.481 e. The number of nitrogens with two attached hydrogens (primary N) is 1. The summed E-state index contributed by atoms with van der Waals surface area (Å²) in [4.78, 5) is 28.0. The van der Waals surface area contributed by atoms with E-state index in [4.69, 9.17) is 10.8 Å². The molecule has 1 amide bonds. The summed E-state index contributed by atoms with van der Waals surface area (Å²) >= 11 is 0. The highest BCUT2D eigenvalue weighted by molar-refractivity contribution is 5.91.